The van der Waals surface area contributed by atoms with Crippen molar-refractivity contribution in [3.05, 3.63) is 41.6 Å². The molecule has 0 bridgehead atoms. The van der Waals surface area contributed by atoms with E-state index < -0.39 is 0 Å². The zero-order valence-electron chi connectivity index (χ0n) is 8.14. The monoisotopic (exact) mass is 236 g/mol. The molecule has 0 saturated carbocycles. The Morgan fingerprint density at radius 2 is 1.87 bits per heavy atom. The molecule has 0 fully saturated rings. The minimum Gasteiger partial charge on any atom is -0.222 e. The quantitative estimate of drug-likeness (QED) is 0.453. The normalized spacial score (nSPS) is 10.3. The number of aromatic nitrogens is 2. The Balaban J connectivity index is 2.49. The van der Waals surface area contributed by atoms with Gasteiger partial charge in [0.05, 0.1) is 5.69 Å². The molecule has 0 radical (unpaired) electrons. The van der Waals surface area contributed by atoms with Crippen LogP contribution >= 0.6 is 23.4 Å². The van der Waals surface area contributed by atoms with E-state index in [1.54, 1.807) is 6.07 Å². The van der Waals surface area contributed by atoms with Crippen molar-refractivity contribution < 1.29 is 0 Å². The van der Waals surface area contributed by atoms with Gasteiger partial charge in [-0.1, -0.05) is 53.7 Å². The van der Waals surface area contributed by atoms with Gasteiger partial charge in [0.15, 0.2) is 5.16 Å². The summed E-state index contributed by atoms with van der Waals surface area (Å²) in [5.41, 5.74) is 1.91. The van der Waals surface area contributed by atoms with Crippen LogP contribution in [0.15, 0.2) is 41.6 Å². The fourth-order valence-electron chi connectivity index (χ4n) is 1.24. The third-order valence-electron chi connectivity index (χ3n) is 1.93. The maximum atomic E-state index is 5.91. The Hall–Kier alpha value is -1.06. The lowest BCUT2D eigenvalue weighted by molar-refractivity contribution is 0.977. The van der Waals surface area contributed by atoms with Crippen LogP contribution in [0.2, 0.25) is 5.15 Å². The number of hydrogen-bond donors (Lipinski definition) is 0. The summed E-state index contributed by atoms with van der Waals surface area (Å²) in [5.74, 6) is 0. The van der Waals surface area contributed by atoms with Gasteiger partial charge >= 0.3 is 0 Å². The molecule has 0 unspecified atom stereocenters. The molecular weight excluding hydrogens is 228 g/mol. The summed E-state index contributed by atoms with van der Waals surface area (Å²) in [4.78, 5) is 8.48. The zero-order chi connectivity index (χ0) is 10.7. The second-order valence-corrected chi connectivity index (χ2v) is 4.09. The highest BCUT2D eigenvalue weighted by Gasteiger charge is 2.03. The topological polar surface area (TPSA) is 25.8 Å². The van der Waals surface area contributed by atoms with Gasteiger partial charge in [0.1, 0.15) is 5.15 Å². The molecule has 0 spiro atoms. The van der Waals surface area contributed by atoms with E-state index in [-0.39, 0.29) is 0 Å². The highest BCUT2D eigenvalue weighted by molar-refractivity contribution is 7.98. The Morgan fingerprint density at radius 1 is 1.13 bits per heavy atom. The molecule has 76 valence electrons. The minimum absolute atomic E-state index is 0.480. The number of hydrogen-bond acceptors (Lipinski definition) is 3. The molecule has 0 aliphatic carbocycles. The molecule has 2 rings (SSSR count). The van der Waals surface area contributed by atoms with Crippen LogP contribution in [0.3, 0.4) is 0 Å². The Kier molecular flexibility index (Phi) is 3.23. The van der Waals surface area contributed by atoms with Gasteiger partial charge < -0.3 is 0 Å². The molecule has 0 atom stereocenters. The lowest BCUT2D eigenvalue weighted by atomic mass is 10.1. The van der Waals surface area contributed by atoms with E-state index in [0.717, 1.165) is 11.3 Å². The average Bonchev–Trinajstić information content (AvgIpc) is 2.29. The SMILES string of the molecule is CSc1nc(Cl)cc(-c2ccccc2)n1. The maximum Gasteiger partial charge on any atom is 0.189 e. The number of halogens is 1. The fraction of sp³-hybridized carbons (Fsp3) is 0.0909. The van der Waals surface area contributed by atoms with Crippen LogP contribution in [-0.4, -0.2) is 16.2 Å². The van der Waals surface area contributed by atoms with Gasteiger partial charge in [-0.15, -0.1) is 0 Å². The molecule has 4 heteroatoms. The summed E-state index contributed by atoms with van der Waals surface area (Å²) < 4.78 is 0. The van der Waals surface area contributed by atoms with Gasteiger partial charge in [-0.3, -0.25) is 0 Å². The van der Waals surface area contributed by atoms with Crippen molar-refractivity contribution >= 4 is 23.4 Å². The maximum absolute atomic E-state index is 5.91. The summed E-state index contributed by atoms with van der Waals surface area (Å²) >= 11 is 7.40. The first-order chi connectivity index (χ1) is 7.29. The van der Waals surface area contributed by atoms with Gasteiger partial charge in [0, 0.05) is 11.6 Å². The third kappa shape index (κ3) is 2.49. The van der Waals surface area contributed by atoms with Gasteiger partial charge in [0.25, 0.3) is 0 Å². The number of benzene rings is 1. The van der Waals surface area contributed by atoms with Gasteiger partial charge in [-0.05, 0) is 6.26 Å². The van der Waals surface area contributed by atoms with Crippen LogP contribution in [-0.2, 0) is 0 Å². The minimum atomic E-state index is 0.480. The Labute approximate surface area is 97.7 Å². The van der Waals surface area contributed by atoms with Crippen LogP contribution in [0, 0.1) is 0 Å². The third-order valence-corrected chi connectivity index (χ3v) is 2.67. The van der Waals surface area contributed by atoms with E-state index >= 15 is 0 Å². The van der Waals surface area contributed by atoms with Crippen molar-refractivity contribution in [2.75, 3.05) is 6.26 Å². The van der Waals surface area contributed by atoms with E-state index in [9.17, 15) is 0 Å². The molecule has 2 aromatic rings. The van der Waals surface area contributed by atoms with Gasteiger partial charge in [-0.2, -0.15) is 0 Å². The predicted octanol–water partition coefficient (Wildman–Crippen LogP) is 3.52. The molecule has 0 aliphatic heterocycles. The summed E-state index contributed by atoms with van der Waals surface area (Å²) in [6.07, 6.45) is 1.93. The van der Waals surface area contributed by atoms with E-state index in [4.69, 9.17) is 11.6 Å². The van der Waals surface area contributed by atoms with Crippen molar-refractivity contribution in [2.24, 2.45) is 0 Å². The fourth-order valence-corrected chi connectivity index (χ4v) is 1.86. The first-order valence-corrected chi connectivity index (χ1v) is 6.04. The number of rotatable bonds is 2. The highest BCUT2D eigenvalue weighted by Crippen LogP contribution is 2.22. The zero-order valence-corrected chi connectivity index (χ0v) is 9.72. The van der Waals surface area contributed by atoms with Crippen molar-refractivity contribution in [2.45, 2.75) is 5.16 Å². The molecule has 1 aromatic carbocycles. The molecule has 2 nitrogen and oxygen atoms in total. The van der Waals surface area contributed by atoms with Crippen molar-refractivity contribution in [3.63, 3.8) is 0 Å². The lowest BCUT2D eigenvalue weighted by Gasteiger charge is -2.02. The molecule has 0 amide bonds. The second-order valence-electron chi connectivity index (χ2n) is 2.93. The summed E-state index contributed by atoms with van der Waals surface area (Å²) in [7, 11) is 0. The molecule has 1 heterocycles. The smallest absolute Gasteiger partial charge is 0.189 e. The second kappa shape index (κ2) is 4.64. The van der Waals surface area contributed by atoms with E-state index in [2.05, 4.69) is 9.97 Å². The summed E-state index contributed by atoms with van der Waals surface area (Å²) in [6.45, 7) is 0. The van der Waals surface area contributed by atoms with E-state index in [1.165, 1.54) is 11.8 Å². The molecular formula is C11H9ClN2S. The summed E-state index contributed by atoms with van der Waals surface area (Å²) in [6, 6.07) is 11.7. The molecule has 15 heavy (non-hydrogen) atoms. The average molecular weight is 237 g/mol. The molecule has 1 aromatic heterocycles. The Bertz CT molecular complexity index is 459. The predicted molar refractivity (Wildman–Crippen MR) is 64.3 cm³/mol. The molecule has 0 N–H and O–H groups in total. The van der Waals surface area contributed by atoms with Crippen molar-refractivity contribution in [3.8, 4) is 11.3 Å². The van der Waals surface area contributed by atoms with Crippen LogP contribution in [0.5, 0.6) is 0 Å². The van der Waals surface area contributed by atoms with Gasteiger partial charge in [0.2, 0.25) is 0 Å². The van der Waals surface area contributed by atoms with Crippen molar-refractivity contribution in [1.82, 2.24) is 9.97 Å². The lowest BCUT2D eigenvalue weighted by Crippen LogP contribution is -1.90. The highest BCUT2D eigenvalue weighted by atomic mass is 35.5. The van der Waals surface area contributed by atoms with Crippen molar-refractivity contribution in [1.29, 1.82) is 0 Å². The first kappa shape index (κ1) is 10.5. The summed E-state index contributed by atoms with van der Waals surface area (Å²) in [5, 5.41) is 1.18. The van der Waals surface area contributed by atoms with Crippen LogP contribution in [0.1, 0.15) is 0 Å². The number of thioether (sulfide) groups is 1. The first-order valence-electron chi connectivity index (χ1n) is 4.43. The van der Waals surface area contributed by atoms with E-state index in [0.29, 0.717) is 10.3 Å². The van der Waals surface area contributed by atoms with Crippen LogP contribution in [0.25, 0.3) is 11.3 Å². The van der Waals surface area contributed by atoms with Crippen LogP contribution < -0.4 is 0 Å². The molecule has 0 aliphatic rings. The van der Waals surface area contributed by atoms with Gasteiger partial charge in [-0.25, -0.2) is 9.97 Å². The Morgan fingerprint density at radius 3 is 2.53 bits per heavy atom. The number of nitrogens with zero attached hydrogens (tertiary/aromatic N) is 2. The standard InChI is InChI=1S/C11H9ClN2S/c1-15-11-13-9(7-10(12)14-11)8-5-3-2-4-6-8/h2-7H,1H3. The molecule has 0 saturated heterocycles. The van der Waals surface area contributed by atoms with E-state index in [1.807, 2.05) is 36.6 Å². The van der Waals surface area contributed by atoms with Crippen LogP contribution in [0.4, 0.5) is 0 Å². The largest absolute Gasteiger partial charge is 0.222 e.